The number of carbonyl (C=O) groups excluding carboxylic acids is 1. The number of nitrogens with one attached hydrogen (secondary N) is 1. The lowest BCUT2D eigenvalue weighted by Crippen LogP contribution is -2.33. The van der Waals surface area contributed by atoms with Crippen LogP contribution in [0.3, 0.4) is 0 Å². The van der Waals surface area contributed by atoms with Gasteiger partial charge in [-0.25, -0.2) is 9.78 Å². The number of rotatable bonds is 4. The number of aryl methyl sites for hydroxylation is 1. The third-order valence-electron chi connectivity index (χ3n) is 2.89. The fourth-order valence-corrected chi connectivity index (χ4v) is 1.92. The van der Waals surface area contributed by atoms with Gasteiger partial charge in [-0.15, -0.1) is 0 Å². The van der Waals surface area contributed by atoms with E-state index >= 15 is 0 Å². The Kier molecular flexibility index (Phi) is 4.80. The monoisotopic (exact) mass is 302 g/mol. The fraction of sp³-hybridized carbons (Fsp3) is 0.438. The summed E-state index contributed by atoms with van der Waals surface area (Å²) >= 11 is 0. The Morgan fingerprint density at radius 1 is 1.27 bits per heavy atom. The normalized spacial score (nSPS) is 11.3. The van der Waals surface area contributed by atoms with Gasteiger partial charge in [0.05, 0.1) is 0 Å². The first-order valence-electron chi connectivity index (χ1n) is 7.25. The molecule has 0 fully saturated rings. The van der Waals surface area contributed by atoms with Gasteiger partial charge in [-0.1, -0.05) is 24.3 Å². The molecule has 1 amide bonds. The minimum atomic E-state index is -0.471. The van der Waals surface area contributed by atoms with Crippen molar-refractivity contribution < 1.29 is 9.53 Å². The molecule has 0 unspecified atom stereocenters. The molecule has 1 aromatic heterocycles. The highest BCUT2D eigenvalue weighted by Gasteiger charge is 2.15. The van der Waals surface area contributed by atoms with Gasteiger partial charge in [-0.2, -0.15) is 5.10 Å². The minimum Gasteiger partial charge on any atom is -0.444 e. The molecule has 1 N–H and O–H groups in total. The zero-order valence-corrected chi connectivity index (χ0v) is 13.5. The summed E-state index contributed by atoms with van der Waals surface area (Å²) in [7, 11) is 1.84. The van der Waals surface area contributed by atoms with Gasteiger partial charge in [0.1, 0.15) is 11.9 Å². The molecule has 0 aliphatic carbocycles. The highest BCUT2D eigenvalue weighted by molar-refractivity contribution is 5.67. The first kappa shape index (κ1) is 16.0. The number of carbonyl (C=O) groups is 1. The average molecular weight is 302 g/mol. The standard InChI is InChI=1S/C16H22N4O2/c1-16(2,3)22-15(21)17-10-9-12-5-7-13(8-6-12)14-18-11-20(4)19-14/h5-8,11H,9-10H2,1-4H3,(H,17,21). The molecular formula is C16H22N4O2. The molecule has 0 aliphatic heterocycles. The summed E-state index contributed by atoms with van der Waals surface area (Å²) in [6, 6.07) is 8.00. The van der Waals surface area contributed by atoms with Crippen LogP contribution in [0.5, 0.6) is 0 Å². The Hall–Kier alpha value is -2.37. The summed E-state index contributed by atoms with van der Waals surface area (Å²) in [5.41, 5.74) is 1.64. The van der Waals surface area contributed by atoms with Gasteiger partial charge in [-0.3, -0.25) is 4.68 Å². The fourth-order valence-electron chi connectivity index (χ4n) is 1.92. The van der Waals surface area contributed by atoms with E-state index in [0.29, 0.717) is 12.4 Å². The number of hydrogen-bond acceptors (Lipinski definition) is 4. The van der Waals surface area contributed by atoms with Gasteiger partial charge in [0.15, 0.2) is 5.82 Å². The lowest BCUT2D eigenvalue weighted by atomic mass is 10.1. The molecule has 6 heteroatoms. The summed E-state index contributed by atoms with van der Waals surface area (Å²) in [5, 5.41) is 7.01. The Morgan fingerprint density at radius 2 is 1.95 bits per heavy atom. The van der Waals surface area contributed by atoms with Crippen molar-refractivity contribution in [2.24, 2.45) is 7.05 Å². The zero-order valence-electron chi connectivity index (χ0n) is 13.5. The van der Waals surface area contributed by atoms with Crippen LogP contribution >= 0.6 is 0 Å². The van der Waals surface area contributed by atoms with Crippen LogP contribution in [0, 0.1) is 0 Å². The van der Waals surface area contributed by atoms with Crippen LogP contribution in [0.1, 0.15) is 26.3 Å². The summed E-state index contributed by atoms with van der Waals surface area (Å²) in [6.07, 6.45) is 2.03. The lowest BCUT2D eigenvalue weighted by molar-refractivity contribution is 0.0528. The van der Waals surface area contributed by atoms with Crippen LogP contribution in [0.15, 0.2) is 30.6 Å². The van der Waals surface area contributed by atoms with Crippen molar-refractivity contribution in [3.8, 4) is 11.4 Å². The molecule has 0 saturated carbocycles. The van der Waals surface area contributed by atoms with Gasteiger partial charge < -0.3 is 10.1 Å². The Bertz CT molecular complexity index is 626. The summed E-state index contributed by atoms with van der Waals surface area (Å²) in [5.74, 6) is 0.709. The quantitative estimate of drug-likeness (QED) is 0.942. The molecule has 1 aromatic carbocycles. The van der Waals surface area contributed by atoms with Crippen LogP contribution in [-0.2, 0) is 18.2 Å². The van der Waals surface area contributed by atoms with Crippen molar-refractivity contribution in [3.63, 3.8) is 0 Å². The van der Waals surface area contributed by atoms with Gasteiger partial charge in [-0.05, 0) is 32.8 Å². The summed E-state index contributed by atoms with van der Waals surface area (Å²) in [6.45, 7) is 6.07. The van der Waals surface area contributed by atoms with E-state index in [2.05, 4.69) is 15.4 Å². The molecule has 0 saturated heterocycles. The molecule has 0 spiro atoms. The maximum absolute atomic E-state index is 11.5. The second kappa shape index (κ2) is 6.60. The SMILES string of the molecule is Cn1cnc(-c2ccc(CCNC(=O)OC(C)(C)C)cc2)n1. The van der Waals surface area contributed by atoms with Crippen LogP contribution < -0.4 is 5.32 Å². The van der Waals surface area contributed by atoms with Crippen molar-refractivity contribution in [1.82, 2.24) is 20.1 Å². The van der Waals surface area contributed by atoms with Crippen LogP contribution in [0.2, 0.25) is 0 Å². The number of aromatic nitrogens is 3. The largest absolute Gasteiger partial charge is 0.444 e. The first-order valence-corrected chi connectivity index (χ1v) is 7.25. The number of alkyl carbamates (subject to hydrolysis) is 1. The number of hydrogen-bond donors (Lipinski definition) is 1. The predicted octanol–water partition coefficient (Wildman–Crippen LogP) is 2.55. The minimum absolute atomic E-state index is 0.387. The van der Waals surface area contributed by atoms with Crippen molar-refractivity contribution >= 4 is 6.09 Å². The highest BCUT2D eigenvalue weighted by atomic mass is 16.6. The molecule has 22 heavy (non-hydrogen) atoms. The Balaban J connectivity index is 1.83. The zero-order chi connectivity index (χ0) is 16.2. The molecule has 0 bridgehead atoms. The molecule has 0 aliphatic rings. The Morgan fingerprint density at radius 3 is 2.50 bits per heavy atom. The smallest absolute Gasteiger partial charge is 0.407 e. The molecule has 1 heterocycles. The molecule has 2 aromatic rings. The maximum atomic E-state index is 11.5. The average Bonchev–Trinajstić information content (AvgIpc) is 2.84. The van der Waals surface area contributed by atoms with Gasteiger partial charge >= 0.3 is 6.09 Å². The first-order chi connectivity index (χ1) is 10.3. The van der Waals surface area contributed by atoms with Crippen LogP contribution in [-0.4, -0.2) is 33.0 Å². The van der Waals surface area contributed by atoms with Gasteiger partial charge in [0, 0.05) is 19.2 Å². The van der Waals surface area contributed by atoms with E-state index < -0.39 is 5.60 Å². The molecule has 6 nitrogen and oxygen atoms in total. The lowest BCUT2D eigenvalue weighted by Gasteiger charge is -2.19. The van der Waals surface area contributed by atoms with E-state index in [-0.39, 0.29) is 6.09 Å². The van der Waals surface area contributed by atoms with E-state index in [9.17, 15) is 4.79 Å². The topological polar surface area (TPSA) is 69.0 Å². The van der Waals surface area contributed by atoms with Crippen molar-refractivity contribution in [2.75, 3.05) is 6.54 Å². The van der Waals surface area contributed by atoms with Gasteiger partial charge in [0.25, 0.3) is 0 Å². The molecule has 118 valence electrons. The van der Waals surface area contributed by atoms with E-state index in [1.165, 1.54) is 0 Å². The van der Waals surface area contributed by atoms with E-state index in [1.54, 1.807) is 11.0 Å². The highest BCUT2D eigenvalue weighted by Crippen LogP contribution is 2.15. The number of nitrogens with zero attached hydrogens (tertiary/aromatic N) is 3. The molecule has 0 atom stereocenters. The van der Waals surface area contributed by atoms with E-state index in [4.69, 9.17) is 4.74 Å². The number of ether oxygens (including phenoxy) is 1. The van der Waals surface area contributed by atoms with Crippen molar-refractivity contribution in [2.45, 2.75) is 32.8 Å². The number of benzene rings is 1. The third kappa shape index (κ3) is 4.87. The van der Waals surface area contributed by atoms with Crippen LogP contribution in [0.25, 0.3) is 11.4 Å². The van der Waals surface area contributed by atoms with Gasteiger partial charge in [0.2, 0.25) is 0 Å². The third-order valence-corrected chi connectivity index (χ3v) is 2.89. The molecule has 0 radical (unpaired) electrons. The van der Waals surface area contributed by atoms with E-state index in [0.717, 1.165) is 17.5 Å². The Labute approximate surface area is 130 Å². The molecule has 2 rings (SSSR count). The molecular weight excluding hydrogens is 280 g/mol. The van der Waals surface area contributed by atoms with Crippen LogP contribution in [0.4, 0.5) is 4.79 Å². The van der Waals surface area contributed by atoms with Crippen molar-refractivity contribution in [3.05, 3.63) is 36.2 Å². The van der Waals surface area contributed by atoms with Crippen molar-refractivity contribution in [1.29, 1.82) is 0 Å². The van der Waals surface area contributed by atoms with E-state index in [1.807, 2.05) is 52.1 Å². The second-order valence-electron chi connectivity index (χ2n) is 6.12. The predicted molar refractivity (Wildman–Crippen MR) is 84.4 cm³/mol. The number of amides is 1. The maximum Gasteiger partial charge on any atom is 0.407 e. The summed E-state index contributed by atoms with van der Waals surface area (Å²) in [4.78, 5) is 15.8. The summed E-state index contributed by atoms with van der Waals surface area (Å²) < 4.78 is 6.86. The second-order valence-corrected chi connectivity index (χ2v) is 6.12.